The van der Waals surface area contributed by atoms with Crippen molar-refractivity contribution in [3.8, 4) is 0 Å². The van der Waals surface area contributed by atoms with Crippen LogP contribution in [0.25, 0.3) is 0 Å². The average Bonchev–Trinajstić information content (AvgIpc) is 2.85. The fraction of sp³-hybridized carbons (Fsp3) is 0.500. The molecule has 40 heavy (non-hydrogen) atoms. The van der Waals surface area contributed by atoms with Crippen LogP contribution < -0.4 is 15.9 Å². The smallest absolute Gasteiger partial charge is 0.0620 e. The van der Waals surface area contributed by atoms with Gasteiger partial charge in [0.25, 0.3) is 0 Å². The van der Waals surface area contributed by atoms with E-state index in [1.165, 1.54) is 0 Å². The molecule has 0 aliphatic heterocycles. The maximum absolute atomic E-state index is 2.35. The Labute approximate surface area is 266 Å². The molecule has 0 saturated heterocycles. The van der Waals surface area contributed by atoms with Gasteiger partial charge in [-0.05, 0) is 119 Å². The summed E-state index contributed by atoms with van der Waals surface area (Å²) in [5.41, 5.74) is 4.96. The van der Waals surface area contributed by atoms with Gasteiger partial charge in [0.2, 0.25) is 0 Å². The summed E-state index contributed by atoms with van der Waals surface area (Å²) in [7, 11) is -1.07. The fourth-order valence-electron chi connectivity index (χ4n) is 5.89. The quantitative estimate of drug-likeness (QED) is 0.190. The van der Waals surface area contributed by atoms with E-state index in [0.29, 0.717) is 0 Å². The van der Waals surface area contributed by atoms with Crippen LogP contribution >= 0.6 is 23.8 Å². The third kappa shape index (κ3) is 14.2. The zero-order chi connectivity index (χ0) is 29.5. The van der Waals surface area contributed by atoms with E-state index in [1.807, 2.05) is 0 Å². The van der Waals surface area contributed by atoms with Crippen LogP contribution in [0.4, 0.5) is 0 Å². The van der Waals surface area contributed by atoms with Crippen molar-refractivity contribution in [2.24, 2.45) is 0 Å². The molecule has 0 aliphatic carbocycles. The van der Waals surface area contributed by atoms with Crippen LogP contribution in [0.5, 0.6) is 0 Å². The fourth-order valence-corrected chi connectivity index (χ4v) is 15.6. The first kappa shape index (κ1) is 39.6. The topological polar surface area (TPSA) is 0 Å². The van der Waals surface area contributed by atoms with E-state index in [9.17, 15) is 0 Å². The Hall–Kier alpha value is -0.401. The van der Waals surface area contributed by atoms with Crippen molar-refractivity contribution >= 4 is 39.7 Å². The van der Waals surface area contributed by atoms with Crippen LogP contribution in [0.15, 0.2) is 91.0 Å². The van der Waals surface area contributed by atoms with Gasteiger partial charge in [-0.2, -0.15) is 0 Å². The second-order valence-electron chi connectivity index (χ2n) is 12.4. The third-order valence-electron chi connectivity index (χ3n) is 7.05. The molecule has 3 rings (SSSR count). The molecule has 1 radical (unpaired) electrons. The van der Waals surface area contributed by atoms with Gasteiger partial charge in [-0.15, -0.1) is 0 Å². The summed E-state index contributed by atoms with van der Waals surface area (Å²) in [6.07, 6.45) is 0. The summed E-state index contributed by atoms with van der Waals surface area (Å²) in [5.74, 6) is 0. The van der Waals surface area contributed by atoms with Gasteiger partial charge in [-0.3, -0.25) is 0 Å². The molecule has 0 amide bonds. The number of hydrogen-bond acceptors (Lipinski definition) is 0. The van der Waals surface area contributed by atoms with Gasteiger partial charge in [0, 0.05) is 43.9 Å². The van der Waals surface area contributed by atoms with Gasteiger partial charge < -0.3 is 0 Å². The average molecular weight is 778 g/mol. The van der Waals surface area contributed by atoms with Crippen molar-refractivity contribution in [3.05, 3.63) is 91.0 Å². The van der Waals surface area contributed by atoms with Crippen LogP contribution in [-0.2, 0) is 20.1 Å². The zero-order valence-corrected chi connectivity index (χ0v) is 32.9. The molecule has 3 aromatic rings. The van der Waals surface area contributed by atoms with Gasteiger partial charge in [0.1, 0.15) is 0 Å². The summed E-state index contributed by atoms with van der Waals surface area (Å²) in [5, 5.41) is 4.74. The normalized spacial score (nSPS) is 11.3. The molecule has 0 heterocycles. The first-order chi connectivity index (χ1) is 18.4. The monoisotopic (exact) mass is 778 g/mol. The van der Waals surface area contributed by atoms with E-state index >= 15 is 0 Å². The van der Waals surface area contributed by atoms with Gasteiger partial charge in [-0.1, -0.05) is 54.6 Å². The minimum absolute atomic E-state index is 0. The number of hydrogen-bond donors (Lipinski definition) is 0. The van der Waals surface area contributed by atoms with Crippen LogP contribution in [0.1, 0.15) is 83.1 Å². The van der Waals surface area contributed by atoms with E-state index in [0.717, 1.165) is 34.0 Å². The molecule has 225 valence electrons. The van der Waals surface area contributed by atoms with Crippen molar-refractivity contribution < 1.29 is 20.1 Å². The summed E-state index contributed by atoms with van der Waals surface area (Å²) < 4.78 is 0. The van der Waals surface area contributed by atoms with E-state index in [2.05, 4.69) is 174 Å². The molecule has 0 atom stereocenters. The Bertz CT molecular complexity index is 830. The summed E-state index contributed by atoms with van der Waals surface area (Å²) in [4.78, 5) is 0. The summed E-state index contributed by atoms with van der Waals surface area (Å²) in [6.45, 7) is 28.2. The zero-order valence-electron chi connectivity index (χ0n) is 27.5. The number of benzene rings is 3. The van der Waals surface area contributed by atoms with Crippen LogP contribution in [0, 0.1) is 0 Å². The van der Waals surface area contributed by atoms with Gasteiger partial charge in [0.15, 0.2) is 0 Å². The Balaban J connectivity index is 0.000000563. The van der Waals surface area contributed by atoms with Gasteiger partial charge >= 0.3 is 0 Å². The van der Waals surface area contributed by atoms with Crippen molar-refractivity contribution in [1.82, 2.24) is 0 Å². The van der Waals surface area contributed by atoms with Crippen LogP contribution in [0.3, 0.4) is 0 Å². The molecular weight excluding hydrogens is 718 g/mol. The van der Waals surface area contributed by atoms with E-state index in [-0.39, 0.29) is 43.9 Å². The van der Waals surface area contributed by atoms with Crippen LogP contribution in [0.2, 0.25) is 0 Å². The molecule has 0 saturated carbocycles. The number of rotatable bonds is 9. The predicted molar refractivity (Wildman–Crippen MR) is 194 cm³/mol. The molecule has 0 spiro atoms. The Kier molecular flexibility index (Phi) is 21.1. The first-order valence-electron chi connectivity index (χ1n) is 15.1. The SMILES string of the molecule is CC(C)[PH+](c1ccccc1)C(C)C.CC(C)[PH+](c1ccccc1)C(C)C.CC(C)[PH+](c1ccccc1)C(C)C.[Ir]. The maximum atomic E-state index is 2.35. The largest absolute Gasteiger partial charge is 0.0920 e. The van der Waals surface area contributed by atoms with Crippen molar-refractivity contribution in [2.75, 3.05) is 0 Å². The first-order valence-corrected chi connectivity index (χ1v) is 20.1. The van der Waals surface area contributed by atoms with Crippen molar-refractivity contribution in [3.63, 3.8) is 0 Å². The summed E-state index contributed by atoms with van der Waals surface area (Å²) in [6, 6.07) is 33.0. The van der Waals surface area contributed by atoms with Crippen LogP contribution in [-0.4, -0.2) is 34.0 Å². The molecule has 0 fully saturated rings. The Morgan fingerprint density at radius 1 is 0.300 bits per heavy atom. The van der Waals surface area contributed by atoms with Crippen molar-refractivity contribution in [1.29, 1.82) is 0 Å². The molecule has 0 N–H and O–H groups in total. The Morgan fingerprint density at radius 3 is 0.575 bits per heavy atom. The maximum Gasteiger partial charge on any atom is 0.0920 e. The van der Waals surface area contributed by atoms with E-state index < -0.39 is 0 Å². The summed E-state index contributed by atoms with van der Waals surface area (Å²) >= 11 is 0. The van der Waals surface area contributed by atoms with E-state index in [4.69, 9.17) is 0 Å². The molecule has 0 unspecified atom stereocenters. The predicted octanol–water partition coefficient (Wildman–Crippen LogP) is 10.0. The molecule has 0 aliphatic rings. The van der Waals surface area contributed by atoms with Gasteiger partial charge in [-0.25, -0.2) is 0 Å². The van der Waals surface area contributed by atoms with Gasteiger partial charge in [0.05, 0.1) is 49.9 Å². The molecule has 0 nitrogen and oxygen atoms in total. The Morgan fingerprint density at radius 2 is 0.450 bits per heavy atom. The standard InChI is InChI=1S/3C12H19P.Ir/c3*1-10(2)13(11(3)4)12-8-6-5-7-9-12;/h3*5-11H,1-4H3;/p+3. The second kappa shape index (κ2) is 21.3. The molecule has 3 aromatic carbocycles. The second-order valence-corrected chi connectivity index (χ2v) is 23.8. The minimum atomic E-state index is -0.356. The molecule has 4 heteroatoms. The minimum Gasteiger partial charge on any atom is -0.0620 e. The molecule has 0 bridgehead atoms. The van der Waals surface area contributed by atoms with E-state index in [1.54, 1.807) is 15.9 Å². The molecule has 0 aromatic heterocycles. The molecular formula is C36H60IrP3+3. The third-order valence-corrected chi connectivity index (χ3v) is 17.5. The van der Waals surface area contributed by atoms with Crippen molar-refractivity contribution in [2.45, 2.75) is 117 Å².